The maximum absolute atomic E-state index is 13.9. The number of halogens is 1. The van der Waals surface area contributed by atoms with Gasteiger partial charge in [-0.2, -0.15) is 0 Å². The van der Waals surface area contributed by atoms with Gasteiger partial charge in [-0.25, -0.2) is 9.45 Å². The monoisotopic (exact) mass is 499 g/mol. The Balaban J connectivity index is 2.03. The molecule has 190 valence electrons. The second-order valence-corrected chi connectivity index (χ2v) is 8.11. The molecule has 2 aromatic heterocycles. The largest absolute Gasteiger partial charge is 0.505 e. The van der Waals surface area contributed by atoms with Gasteiger partial charge in [-0.3, -0.25) is 29.0 Å². The Morgan fingerprint density at radius 2 is 1.92 bits per heavy atom. The van der Waals surface area contributed by atoms with E-state index in [4.69, 9.17) is 4.84 Å². The SMILES string of the molecule is CCN(OC)C(=O)c1c(O)c2ncc(Cc3ccc(F)cc3NC(=O)C(=O)N(C)C)cc2n(C)c1=O. The van der Waals surface area contributed by atoms with Crippen LogP contribution in [0.3, 0.4) is 0 Å². The molecule has 36 heavy (non-hydrogen) atoms. The topological polar surface area (TPSA) is 134 Å². The molecular formula is C24H26FN5O6. The first-order valence-corrected chi connectivity index (χ1v) is 10.9. The average molecular weight is 499 g/mol. The van der Waals surface area contributed by atoms with E-state index in [1.165, 1.54) is 51.1 Å². The zero-order valence-electron chi connectivity index (χ0n) is 20.5. The molecule has 3 amide bonds. The summed E-state index contributed by atoms with van der Waals surface area (Å²) in [5.74, 6) is -3.71. The van der Waals surface area contributed by atoms with Gasteiger partial charge in [0, 0.05) is 46.0 Å². The molecule has 0 saturated heterocycles. The Kier molecular flexibility index (Phi) is 7.68. The number of aromatic hydroxyl groups is 1. The summed E-state index contributed by atoms with van der Waals surface area (Å²) < 4.78 is 15.1. The molecule has 0 aliphatic rings. The number of hydrogen-bond acceptors (Lipinski definition) is 7. The van der Waals surface area contributed by atoms with Gasteiger partial charge in [0.25, 0.3) is 11.5 Å². The van der Waals surface area contributed by atoms with E-state index in [9.17, 15) is 28.7 Å². The molecule has 3 rings (SSSR count). The smallest absolute Gasteiger partial charge is 0.313 e. The molecule has 0 aliphatic heterocycles. The molecule has 2 N–H and O–H groups in total. The zero-order chi connectivity index (χ0) is 26.7. The molecule has 0 atom stereocenters. The second kappa shape index (κ2) is 10.5. The van der Waals surface area contributed by atoms with Crippen LogP contribution in [0.25, 0.3) is 11.0 Å². The third-order valence-corrected chi connectivity index (χ3v) is 5.53. The van der Waals surface area contributed by atoms with E-state index in [1.807, 2.05) is 0 Å². The summed E-state index contributed by atoms with van der Waals surface area (Å²) in [6, 6.07) is 5.35. The minimum Gasteiger partial charge on any atom is -0.505 e. The normalized spacial score (nSPS) is 10.8. The number of hydroxylamine groups is 2. The molecule has 2 heterocycles. The van der Waals surface area contributed by atoms with Crippen molar-refractivity contribution in [3.63, 3.8) is 0 Å². The van der Waals surface area contributed by atoms with Gasteiger partial charge < -0.3 is 19.9 Å². The molecule has 11 nitrogen and oxygen atoms in total. The van der Waals surface area contributed by atoms with Gasteiger partial charge in [-0.1, -0.05) is 6.07 Å². The van der Waals surface area contributed by atoms with E-state index in [1.54, 1.807) is 13.0 Å². The van der Waals surface area contributed by atoms with Crippen molar-refractivity contribution >= 4 is 34.4 Å². The van der Waals surface area contributed by atoms with Gasteiger partial charge >= 0.3 is 11.8 Å². The van der Waals surface area contributed by atoms with E-state index in [2.05, 4.69) is 10.3 Å². The molecule has 3 aromatic rings. The van der Waals surface area contributed by atoms with Crippen LogP contribution in [-0.2, 0) is 27.9 Å². The highest BCUT2D eigenvalue weighted by Crippen LogP contribution is 2.27. The first-order valence-electron chi connectivity index (χ1n) is 10.9. The fourth-order valence-electron chi connectivity index (χ4n) is 3.62. The molecule has 0 unspecified atom stereocenters. The lowest BCUT2D eigenvalue weighted by atomic mass is 10.0. The van der Waals surface area contributed by atoms with Crippen LogP contribution < -0.4 is 10.9 Å². The van der Waals surface area contributed by atoms with Gasteiger partial charge in [0.15, 0.2) is 11.3 Å². The van der Waals surface area contributed by atoms with Crippen molar-refractivity contribution in [1.82, 2.24) is 19.5 Å². The fraction of sp³-hybridized carbons (Fsp3) is 0.292. The van der Waals surface area contributed by atoms with Crippen molar-refractivity contribution in [2.45, 2.75) is 13.3 Å². The molecule has 0 radical (unpaired) electrons. The number of anilines is 1. The van der Waals surface area contributed by atoms with Gasteiger partial charge in [-0.05, 0) is 36.2 Å². The summed E-state index contributed by atoms with van der Waals surface area (Å²) in [6.45, 7) is 1.80. The maximum Gasteiger partial charge on any atom is 0.313 e. The van der Waals surface area contributed by atoms with Crippen LogP contribution in [0.2, 0.25) is 0 Å². The van der Waals surface area contributed by atoms with Crippen LogP contribution in [0.4, 0.5) is 10.1 Å². The van der Waals surface area contributed by atoms with Crippen molar-refractivity contribution < 1.29 is 28.7 Å². The number of nitrogens with zero attached hydrogens (tertiary/aromatic N) is 4. The summed E-state index contributed by atoms with van der Waals surface area (Å²) >= 11 is 0. The van der Waals surface area contributed by atoms with Crippen LogP contribution in [0, 0.1) is 5.82 Å². The Morgan fingerprint density at radius 1 is 1.22 bits per heavy atom. The van der Waals surface area contributed by atoms with E-state index in [-0.39, 0.29) is 29.7 Å². The van der Waals surface area contributed by atoms with Gasteiger partial charge in [-0.15, -0.1) is 0 Å². The number of benzene rings is 1. The third-order valence-electron chi connectivity index (χ3n) is 5.53. The van der Waals surface area contributed by atoms with Gasteiger partial charge in [0.2, 0.25) is 0 Å². The van der Waals surface area contributed by atoms with E-state index in [0.29, 0.717) is 11.1 Å². The summed E-state index contributed by atoms with van der Waals surface area (Å²) in [5.41, 5.74) is 0.218. The predicted molar refractivity (Wildman–Crippen MR) is 129 cm³/mol. The van der Waals surface area contributed by atoms with Crippen molar-refractivity contribution in [2.75, 3.05) is 33.1 Å². The molecule has 0 saturated carbocycles. The number of carbonyl (C=O) groups is 3. The number of aryl methyl sites for hydroxylation is 1. The number of nitrogens with one attached hydrogen (secondary N) is 1. The highest BCUT2D eigenvalue weighted by atomic mass is 19.1. The number of carbonyl (C=O) groups excluding carboxylic acids is 3. The second-order valence-electron chi connectivity index (χ2n) is 8.11. The van der Waals surface area contributed by atoms with Crippen molar-refractivity contribution in [3.8, 4) is 5.75 Å². The number of fused-ring (bicyclic) bond motifs is 1. The lowest BCUT2D eigenvalue weighted by Crippen LogP contribution is -2.35. The molecular weight excluding hydrogens is 473 g/mol. The summed E-state index contributed by atoms with van der Waals surface area (Å²) in [7, 11) is 5.55. The number of amides is 3. The van der Waals surface area contributed by atoms with Crippen LogP contribution in [0.15, 0.2) is 35.3 Å². The standard InChI is InChI=1S/C24H26FN5O6/c1-6-30(36-5)23(34)18-20(31)19-17(29(4)22(18)33)10-13(12-26-19)9-14-7-8-15(25)11-16(14)27-21(32)24(35)28(2)3/h7-8,10-12,31H,6,9H2,1-5H3,(H,27,32). The number of aromatic nitrogens is 2. The molecule has 0 bridgehead atoms. The quantitative estimate of drug-likeness (QED) is 0.387. The third kappa shape index (κ3) is 5.03. The Bertz CT molecular complexity index is 1410. The first kappa shape index (κ1) is 26.3. The van der Waals surface area contributed by atoms with Crippen molar-refractivity contribution in [1.29, 1.82) is 0 Å². The van der Waals surface area contributed by atoms with Crippen molar-refractivity contribution in [2.24, 2.45) is 7.05 Å². The number of pyridine rings is 2. The first-order chi connectivity index (χ1) is 17.0. The Morgan fingerprint density at radius 3 is 2.53 bits per heavy atom. The molecule has 0 fully saturated rings. The van der Waals surface area contributed by atoms with Crippen molar-refractivity contribution in [3.05, 3.63) is 63.3 Å². The maximum atomic E-state index is 13.9. The molecule has 1 aromatic carbocycles. The summed E-state index contributed by atoms with van der Waals surface area (Å²) in [5, 5.41) is 14.1. The number of hydrogen-bond donors (Lipinski definition) is 2. The van der Waals surface area contributed by atoms with Crippen LogP contribution >= 0.6 is 0 Å². The summed E-state index contributed by atoms with van der Waals surface area (Å²) in [4.78, 5) is 60.1. The minimum absolute atomic E-state index is 0.0283. The molecule has 0 aliphatic carbocycles. The number of rotatable bonds is 6. The minimum atomic E-state index is -0.926. The highest BCUT2D eigenvalue weighted by Gasteiger charge is 2.26. The van der Waals surface area contributed by atoms with Gasteiger partial charge in [0.1, 0.15) is 11.3 Å². The number of likely N-dealkylation sites (N-methyl/N-ethyl adjacent to an activating group) is 1. The van der Waals surface area contributed by atoms with E-state index < -0.39 is 40.4 Å². The van der Waals surface area contributed by atoms with Crippen LogP contribution in [0.1, 0.15) is 28.4 Å². The summed E-state index contributed by atoms with van der Waals surface area (Å²) in [6.07, 6.45) is 1.58. The Hall–Kier alpha value is -4.32. The van der Waals surface area contributed by atoms with E-state index in [0.717, 1.165) is 16.0 Å². The van der Waals surface area contributed by atoms with Gasteiger partial charge in [0.05, 0.1) is 12.6 Å². The molecule has 12 heteroatoms. The predicted octanol–water partition coefficient (Wildman–Crippen LogP) is 1.42. The fourth-order valence-corrected chi connectivity index (χ4v) is 3.62. The highest BCUT2D eigenvalue weighted by molar-refractivity contribution is 6.39. The Labute approximate surface area is 205 Å². The lowest BCUT2D eigenvalue weighted by molar-refractivity contribution is -0.141. The molecule has 0 spiro atoms. The van der Waals surface area contributed by atoms with E-state index >= 15 is 0 Å². The van der Waals surface area contributed by atoms with Crippen LogP contribution in [0.5, 0.6) is 5.75 Å². The van der Waals surface area contributed by atoms with Crippen LogP contribution in [-0.4, -0.2) is 70.1 Å². The average Bonchev–Trinajstić information content (AvgIpc) is 2.84. The lowest BCUT2D eigenvalue weighted by Gasteiger charge is -2.19. The zero-order valence-corrected chi connectivity index (χ0v) is 20.5.